The average molecular weight is 334 g/mol. The van der Waals surface area contributed by atoms with E-state index >= 15 is 0 Å². The second-order valence-electron chi connectivity index (χ2n) is 3.88. The van der Waals surface area contributed by atoms with Gasteiger partial charge in [-0.25, -0.2) is 4.39 Å². The van der Waals surface area contributed by atoms with Crippen molar-refractivity contribution in [2.45, 2.75) is 11.5 Å². The largest absolute Gasteiger partial charge is 0.417 e. The predicted octanol–water partition coefficient (Wildman–Crippen LogP) is 4.80. The number of alkyl halides is 4. The molecule has 0 radical (unpaired) electrons. The van der Waals surface area contributed by atoms with Gasteiger partial charge in [-0.3, -0.25) is 4.98 Å². The molecule has 1 heterocycles. The van der Waals surface area contributed by atoms with Crippen molar-refractivity contribution in [2.24, 2.45) is 0 Å². The number of rotatable bonds is 2. The zero-order chi connectivity index (χ0) is 14.0. The molecule has 0 unspecified atom stereocenters. The van der Waals surface area contributed by atoms with Crippen LogP contribution in [0.3, 0.4) is 0 Å². The molecule has 19 heavy (non-hydrogen) atoms. The number of hydrogen-bond acceptors (Lipinski definition) is 1. The molecule has 2 aromatic rings. The van der Waals surface area contributed by atoms with Crippen molar-refractivity contribution in [1.82, 2.24) is 4.98 Å². The van der Waals surface area contributed by atoms with Gasteiger partial charge in [-0.1, -0.05) is 22.0 Å². The van der Waals surface area contributed by atoms with Gasteiger partial charge in [0.1, 0.15) is 5.82 Å². The van der Waals surface area contributed by atoms with Gasteiger partial charge in [-0.05, 0) is 29.8 Å². The van der Waals surface area contributed by atoms with E-state index in [0.29, 0.717) is 11.5 Å². The van der Waals surface area contributed by atoms with Crippen LogP contribution in [0.2, 0.25) is 0 Å². The van der Waals surface area contributed by atoms with Crippen molar-refractivity contribution >= 4 is 15.9 Å². The summed E-state index contributed by atoms with van der Waals surface area (Å²) in [6.45, 7) is 0. The fraction of sp³-hybridized carbons (Fsp3) is 0.154. The molecule has 0 saturated carbocycles. The summed E-state index contributed by atoms with van der Waals surface area (Å²) in [6, 6.07) is 6.48. The van der Waals surface area contributed by atoms with E-state index in [1.807, 2.05) is 0 Å². The van der Waals surface area contributed by atoms with Crippen LogP contribution in [0.25, 0.3) is 11.3 Å². The SMILES string of the molecule is Fc1ccc(CBr)cc1-c1ccc(C(F)(F)F)cn1. The molecule has 0 bridgehead atoms. The summed E-state index contributed by atoms with van der Waals surface area (Å²) in [6.07, 6.45) is -3.74. The Bertz CT molecular complexity index is 578. The van der Waals surface area contributed by atoms with E-state index in [0.717, 1.165) is 11.6 Å². The van der Waals surface area contributed by atoms with Crippen LogP contribution in [0.5, 0.6) is 0 Å². The molecular weight excluding hydrogens is 326 g/mol. The molecule has 1 aromatic heterocycles. The van der Waals surface area contributed by atoms with Gasteiger partial charge in [-0.2, -0.15) is 13.2 Å². The lowest BCUT2D eigenvalue weighted by Gasteiger charge is -2.08. The quantitative estimate of drug-likeness (QED) is 0.568. The zero-order valence-electron chi connectivity index (χ0n) is 9.51. The molecule has 0 spiro atoms. The van der Waals surface area contributed by atoms with Gasteiger partial charge >= 0.3 is 6.18 Å². The molecule has 0 saturated heterocycles. The van der Waals surface area contributed by atoms with Gasteiger partial charge in [0.2, 0.25) is 0 Å². The Morgan fingerprint density at radius 1 is 1.11 bits per heavy atom. The first-order valence-corrected chi connectivity index (χ1v) is 6.42. The molecule has 1 nitrogen and oxygen atoms in total. The van der Waals surface area contributed by atoms with Crippen LogP contribution in [0.1, 0.15) is 11.1 Å². The van der Waals surface area contributed by atoms with Crippen molar-refractivity contribution in [3.05, 3.63) is 53.5 Å². The van der Waals surface area contributed by atoms with E-state index < -0.39 is 17.6 Å². The Balaban J connectivity index is 2.42. The van der Waals surface area contributed by atoms with Crippen molar-refractivity contribution in [3.8, 4) is 11.3 Å². The first kappa shape index (κ1) is 14.0. The normalized spacial score (nSPS) is 11.6. The minimum atomic E-state index is -4.44. The van der Waals surface area contributed by atoms with Crippen LogP contribution in [0.4, 0.5) is 17.6 Å². The van der Waals surface area contributed by atoms with Crippen molar-refractivity contribution in [1.29, 1.82) is 0 Å². The predicted molar refractivity (Wildman–Crippen MR) is 67.3 cm³/mol. The van der Waals surface area contributed by atoms with Crippen LogP contribution in [0, 0.1) is 5.82 Å². The lowest BCUT2D eigenvalue weighted by molar-refractivity contribution is -0.137. The third-order valence-corrected chi connectivity index (χ3v) is 3.20. The number of nitrogens with zero attached hydrogens (tertiary/aromatic N) is 1. The summed E-state index contributed by atoms with van der Waals surface area (Å²) < 4.78 is 50.8. The Kier molecular flexibility index (Phi) is 3.89. The second kappa shape index (κ2) is 5.28. The highest BCUT2D eigenvalue weighted by atomic mass is 79.9. The zero-order valence-corrected chi connectivity index (χ0v) is 11.1. The fourth-order valence-corrected chi connectivity index (χ4v) is 1.92. The maximum Gasteiger partial charge on any atom is 0.417 e. The number of benzene rings is 1. The van der Waals surface area contributed by atoms with Crippen LogP contribution in [-0.4, -0.2) is 4.98 Å². The highest BCUT2D eigenvalue weighted by Crippen LogP contribution is 2.30. The molecule has 100 valence electrons. The summed E-state index contributed by atoms with van der Waals surface area (Å²) in [7, 11) is 0. The van der Waals surface area contributed by atoms with Crippen LogP contribution in [-0.2, 0) is 11.5 Å². The molecule has 0 aliphatic carbocycles. The topological polar surface area (TPSA) is 12.9 Å². The van der Waals surface area contributed by atoms with Crippen LogP contribution >= 0.6 is 15.9 Å². The van der Waals surface area contributed by atoms with E-state index in [-0.39, 0.29) is 11.3 Å². The monoisotopic (exact) mass is 333 g/mol. The van der Waals surface area contributed by atoms with Crippen LogP contribution in [0.15, 0.2) is 36.5 Å². The van der Waals surface area contributed by atoms with E-state index in [4.69, 9.17) is 0 Å². The second-order valence-corrected chi connectivity index (χ2v) is 4.44. The molecule has 0 aliphatic rings. The van der Waals surface area contributed by atoms with Gasteiger partial charge in [0.15, 0.2) is 0 Å². The van der Waals surface area contributed by atoms with Crippen LogP contribution < -0.4 is 0 Å². The van der Waals surface area contributed by atoms with Crippen molar-refractivity contribution < 1.29 is 17.6 Å². The van der Waals surface area contributed by atoms with Gasteiger partial charge in [0.05, 0.1) is 11.3 Å². The molecule has 0 fully saturated rings. The molecule has 6 heteroatoms. The molecule has 0 aliphatic heterocycles. The Hall–Kier alpha value is -1.43. The summed E-state index contributed by atoms with van der Waals surface area (Å²) in [4.78, 5) is 3.68. The highest BCUT2D eigenvalue weighted by Gasteiger charge is 2.30. The third-order valence-electron chi connectivity index (χ3n) is 2.55. The summed E-state index contributed by atoms with van der Waals surface area (Å²) >= 11 is 3.23. The van der Waals surface area contributed by atoms with E-state index in [2.05, 4.69) is 20.9 Å². The van der Waals surface area contributed by atoms with E-state index in [9.17, 15) is 17.6 Å². The Morgan fingerprint density at radius 2 is 1.84 bits per heavy atom. The summed E-state index contributed by atoms with van der Waals surface area (Å²) in [5, 5.41) is 0.529. The Labute approximate surface area is 115 Å². The third kappa shape index (κ3) is 3.12. The standard InChI is InChI=1S/C13H8BrF4N/c14-6-8-1-3-11(15)10(5-8)12-4-2-9(7-19-12)13(16,17)18/h1-5,7H,6H2. The number of pyridine rings is 1. The number of halogens is 5. The number of aromatic nitrogens is 1. The number of hydrogen-bond donors (Lipinski definition) is 0. The fourth-order valence-electron chi connectivity index (χ4n) is 1.57. The van der Waals surface area contributed by atoms with E-state index in [1.165, 1.54) is 12.1 Å². The lowest BCUT2D eigenvalue weighted by atomic mass is 10.1. The molecule has 0 N–H and O–H groups in total. The highest BCUT2D eigenvalue weighted by molar-refractivity contribution is 9.08. The lowest BCUT2D eigenvalue weighted by Crippen LogP contribution is -2.05. The molecular formula is C13H8BrF4N. The minimum absolute atomic E-state index is 0.174. The summed E-state index contributed by atoms with van der Waals surface area (Å²) in [5.74, 6) is -0.517. The maximum absolute atomic E-state index is 13.6. The average Bonchev–Trinajstić information content (AvgIpc) is 2.38. The molecule has 0 atom stereocenters. The minimum Gasteiger partial charge on any atom is -0.256 e. The smallest absolute Gasteiger partial charge is 0.256 e. The first-order chi connectivity index (χ1) is 8.91. The first-order valence-electron chi connectivity index (χ1n) is 5.30. The molecule has 1 aromatic carbocycles. The maximum atomic E-state index is 13.6. The summed E-state index contributed by atoms with van der Waals surface area (Å²) in [5.41, 5.74) is 0.324. The van der Waals surface area contributed by atoms with Gasteiger partial charge in [0.25, 0.3) is 0 Å². The molecule has 2 rings (SSSR count). The molecule has 0 amide bonds. The van der Waals surface area contributed by atoms with Crippen molar-refractivity contribution in [3.63, 3.8) is 0 Å². The van der Waals surface area contributed by atoms with Crippen molar-refractivity contribution in [2.75, 3.05) is 0 Å². The van der Waals surface area contributed by atoms with Gasteiger partial charge in [-0.15, -0.1) is 0 Å². The van der Waals surface area contributed by atoms with Gasteiger partial charge < -0.3 is 0 Å². The van der Waals surface area contributed by atoms with Gasteiger partial charge in [0, 0.05) is 17.1 Å². The Morgan fingerprint density at radius 3 is 2.37 bits per heavy atom. The van der Waals surface area contributed by atoms with E-state index in [1.54, 1.807) is 12.1 Å².